The minimum Gasteiger partial charge on any atom is -0.110 e. The maximum atomic E-state index is 5.99. The Balaban J connectivity index is 1.80. The molecule has 14 heavy (non-hydrogen) atoms. The Kier molecular flexibility index (Phi) is 2.42. The van der Waals surface area contributed by atoms with Crippen LogP contribution >= 0.6 is 23.2 Å². The van der Waals surface area contributed by atoms with Gasteiger partial charge >= 0.3 is 0 Å². The molecule has 0 heterocycles. The van der Waals surface area contributed by atoms with E-state index in [0.29, 0.717) is 5.04 Å². The molecule has 4 fully saturated rings. The molecule has 0 nitrogen and oxygen atoms in total. The predicted molar refractivity (Wildman–Crippen MR) is 62.1 cm³/mol. The second kappa shape index (κ2) is 3.40. The van der Waals surface area contributed by atoms with Gasteiger partial charge in [-0.2, -0.15) is 0 Å². The Labute approximate surface area is 98.6 Å². The third-order valence-electron chi connectivity index (χ3n) is 4.45. The van der Waals surface area contributed by atoms with Crippen LogP contribution in [0.25, 0.3) is 0 Å². The van der Waals surface area contributed by atoms with Crippen LogP contribution in [0.3, 0.4) is 0 Å². The second-order valence-electron chi connectivity index (χ2n) is 5.64. The average Bonchev–Trinajstić information content (AvgIpc) is 1.96. The molecular formula is C11H16Cl2Si. The molecule has 0 aromatic carbocycles. The summed E-state index contributed by atoms with van der Waals surface area (Å²) < 4.78 is -0.105. The van der Waals surface area contributed by atoms with Crippen LogP contribution in [0, 0.1) is 17.8 Å². The maximum Gasteiger partial charge on any atom is 0.0935 e. The lowest BCUT2D eigenvalue weighted by Crippen LogP contribution is -2.45. The van der Waals surface area contributed by atoms with E-state index in [2.05, 4.69) is 0 Å². The molecule has 0 N–H and O–H groups in total. The molecule has 0 saturated heterocycles. The first-order chi connectivity index (χ1) is 6.65. The van der Waals surface area contributed by atoms with Crippen LogP contribution < -0.4 is 0 Å². The molecule has 3 heteroatoms. The Bertz CT molecular complexity index is 198. The second-order valence-corrected chi connectivity index (χ2v) is 9.40. The molecule has 4 aliphatic carbocycles. The van der Waals surface area contributed by atoms with Gasteiger partial charge in [-0.15, -0.1) is 23.2 Å². The van der Waals surface area contributed by atoms with Crippen LogP contribution in [0.4, 0.5) is 0 Å². The van der Waals surface area contributed by atoms with Gasteiger partial charge in [0.2, 0.25) is 0 Å². The lowest BCUT2D eigenvalue weighted by atomic mass is 9.56. The molecule has 4 saturated carbocycles. The van der Waals surface area contributed by atoms with E-state index in [0.717, 1.165) is 27.3 Å². The fourth-order valence-electron chi connectivity index (χ4n) is 4.52. The first-order valence-corrected chi connectivity index (χ1v) is 7.66. The molecule has 0 aromatic rings. The minimum atomic E-state index is -0.105. The van der Waals surface area contributed by atoms with Gasteiger partial charge in [-0.05, 0) is 61.3 Å². The van der Waals surface area contributed by atoms with E-state index in [9.17, 15) is 0 Å². The summed E-state index contributed by atoms with van der Waals surface area (Å²) in [4.78, 5) is 0. The lowest BCUT2D eigenvalue weighted by Gasteiger charge is -2.57. The molecule has 2 radical (unpaired) electrons. The van der Waals surface area contributed by atoms with Gasteiger partial charge in [0.15, 0.2) is 0 Å². The zero-order valence-corrected chi connectivity index (χ0v) is 10.8. The summed E-state index contributed by atoms with van der Waals surface area (Å²) in [6.45, 7) is 0. The maximum absolute atomic E-state index is 5.99. The number of alkyl halides is 2. The van der Waals surface area contributed by atoms with E-state index in [1.165, 1.54) is 38.5 Å². The van der Waals surface area contributed by atoms with Crippen LogP contribution in [0.5, 0.6) is 0 Å². The Morgan fingerprint density at radius 1 is 0.929 bits per heavy atom. The highest BCUT2D eigenvalue weighted by Gasteiger charge is 2.51. The van der Waals surface area contributed by atoms with Crippen molar-refractivity contribution in [3.63, 3.8) is 0 Å². The Morgan fingerprint density at radius 3 is 1.71 bits per heavy atom. The first kappa shape index (κ1) is 9.98. The summed E-state index contributed by atoms with van der Waals surface area (Å²) >= 11 is 12.0. The molecule has 4 aliphatic rings. The lowest BCUT2D eigenvalue weighted by molar-refractivity contribution is 0.0286. The number of hydrogen-bond acceptors (Lipinski definition) is 0. The Hall–Kier alpha value is 0.797. The average molecular weight is 247 g/mol. The van der Waals surface area contributed by atoms with Crippen molar-refractivity contribution in [1.29, 1.82) is 0 Å². The largest absolute Gasteiger partial charge is 0.110 e. The van der Waals surface area contributed by atoms with Crippen molar-refractivity contribution < 1.29 is 0 Å². The molecular weight excluding hydrogens is 231 g/mol. The van der Waals surface area contributed by atoms with E-state index in [-0.39, 0.29) is 4.46 Å². The van der Waals surface area contributed by atoms with Crippen LogP contribution in [0.1, 0.15) is 38.5 Å². The van der Waals surface area contributed by atoms with Crippen molar-refractivity contribution >= 4 is 32.7 Å². The van der Waals surface area contributed by atoms with Crippen LogP contribution in [0.2, 0.25) is 5.04 Å². The third-order valence-corrected chi connectivity index (χ3v) is 6.55. The van der Waals surface area contributed by atoms with Crippen molar-refractivity contribution in [3.05, 3.63) is 0 Å². The topological polar surface area (TPSA) is 0 Å². The quantitative estimate of drug-likeness (QED) is 0.513. The van der Waals surface area contributed by atoms with E-state index in [1.54, 1.807) is 0 Å². The molecule has 4 bridgehead atoms. The summed E-state index contributed by atoms with van der Waals surface area (Å²) in [6.07, 6.45) is 8.85. The fraction of sp³-hybridized carbons (Fsp3) is 1.00. The van der Waals surface area contributed by atoms with Gasteiger partial charge in [0.1, 0.15) is 0 Å². The Morgan fingerprint density at radius 2 is 1.36 bits per heavy atom. The molecule has 0 unspecified atom stereocenters. The van der Waals surface area contributed by atoms with Gasteiger partial charge in [-0.25, -0.2) is 0 Å². The molecule has 0 amide bonds. The molecule has 4 rings (SSSR count). The molecule has 78 valence electrons. The normalized spacial score (nSPS) is 50.4. The standard InChI is InChI=1S/C11H16Cl2Si/c12-10(13)14-11-4-7-1-8(5-11)3-9(2-7)6-11/h7-10H,1-6H2. The summed E-state index contributed by atoms with van der Waals surface area (Å²) in [6, 6.07) is 0. The predicted octanol–water partition coefficient (Wildman–Crippen LogP) is 3.84. The van der Waals surface area contributed by atoms with Crippen molar-refractivity contribution in [2.24, 2.45) is 17.8 Å². The summed E-state index contributed by atoms with van der Waals surface area (Å²) in [5, 5.41) is 0.586. The van der Waals surface area contributed by atoms with Crippen molar-refractivity contribution in [2.45, 2.75) is 48.0 Å². The highest BCUT2D eigenvalue weighted by Crippen LogP contribution is 2.63. The number of halogens is 2. The summed E-state index contributed by atoms with van der Waals surface area (Å²) in [5.41, 5.74) is 0. The molecule has 0 atom stereocenters. The van der Waals surface area contributed by atoms with Gasteiger partial charge in [0, 0.05) is 0 Å². The van der Waals surface area contributed by atoms with Crippen molar-refractivity contribution in [3.8, 4) is 0 Å². The molecule has 0 aromatic heterocycles. The zero-order valence-electron chi connectivity index (χ0n) is 8.31. The van der Waals surface area contributed by atoms with Gasteiger partial charge in [0.05, 0.1) is 14.0 Å². The van der Waals surface area contributed by atoms with Gasteiger partial charge < -0.3 is 0 Å². The van der Waals surface area contributed by atoms with E-state index >= 15 is 0 Å². The van der Waals surface area contributed by atoms with Gasteiger partial charge in [-0.1, -0.05) is 0 Å². The van der Waals surface area contributed by atoms with E-state index in [1.807, 2.05) is 0 Å². The summed E-state index contributed by atoms with van der Waals surface area (Å²) in [7, 11) is 0.793. The molecule has 0 spiro atoms. The SMILES string of the molecule is ClC(Cl)[Si]C12CC3CC(CC(C3)C1)C2. The van der Waals surface area contributed by atoms with Gasteiger partial charge in [-0.3, -0.25) is 0 Å². The van der Waals surface area contributed by atoms with Crippen LogP contribution in [-0.4, -0.2) is 14.0 Å². The van der Waals surface area contributed by atoms with E-state index < -0.39 is 0 Å². The highest BCUT2D eigenvalue weighted by atomic mass is 35.5. The van der Waals surface area contributed by atoms with Crippen LogP contribution in [-0.2, 0) is 0 Å². The van der Waals surface area contributed by atoms with Crippen molar-refractivity contribution in [1.82, 2.24) is 0 Å². The molecule has 0 aliphatic heterocycles. The monoisotopic (exact) mass is 246 g/mol. The van der Waals surface area contributed by atoms with Crippen molar-refractivity contribution in [2.75, 3.05) is 0 Å². The van der Waals surface area contributed by atoms with Gasteiger partial charge in [0.25, 0.3) is 0 Å². The fourth-order valence-corrected chi connectivity index (χ4v) is 7.59. The smallest absolute Gasteiger partial charge is 0.0935 e. The summed E-state index contributed by atoms with van der Waals surface area (Å²) in [5.74, 6) is 3.09. The highest BCUT2D eigenvalue weighted by molar-refractivity contribution is 6.70. The minimum absolute atomic E-state index is 0.105. The number of rotatable bonds is 2. The van der Waals surface area contributed by atoms with E-state index in [4.69, 9.17) is 23.2 Å². The first-order valence-electron chi connectivity index (χ1n) is 5.71. The third kappa shape index (κ3) is 1.66. The zero-order chi connectivity index (χ0) is 9.76. The number of hydrogen-bond donors (Lipinski definition) is 0. The van der Waals surface area contributed by atoms with Crippen LogP contribution in [0.15, 0.2) is 0 Å².